The second-order valence-corrected chi connectivity index (χ2v) is 7.14. The van der Waals surface area contributed by atoms with Crippen molar-refractivity contribution in [1.82, 2.24) is 24.9 Å². The van der Waals surface area contributed by atoms with Gasteiger partial charge in [0.25, 0.3) is 5.91 Å². The number of aromatic amines is 2. The van der Waals surface area contributed by atoms with Crippen molar-refractivity contribution in [3.8, 4) is 11.5 Å². The zero-order valence-electron chi connectivity index (χ0n) is 16.5. The molecule has 0 radical (unpaired) electrons. The van der Waals surface area contributed by atoms with Crippen LogP contribution in [0.5, 0.6) is 0 Å². The summed E-state index contributed by atoms with van der Waals surface area (Å²) in [4.78, 5) is 34.8. The molecule has 0 saturated heterocycles. The Bertz CT molecular complexity index is 1350. The lowest BCUT2D eigenvalue weighted by molar-refractivity contribution is 0.102. The number of nitrogens with one attached hydrogen (secondary N) is 3. The third kappa shape index (κ3) is 3.14. The molecule has 3 aromatic heterocycles. The van der Waals surface area contributed by atoms with Crippen molar-refractivity contribution in [2.45, 2.75) is 0 Å². The van der Waals surface area contributed by atoms with Crippen molar-refractivity contribution in [2.75, 3.05) is 24.3 Å². The number of rotatable bonds is 4. The summed E-state index contributed by atoms with van der Waals surface area (Å²) in [5.41, 5.74) is 5.18. The van der Waals surface area contributed by atoms with E-state index in [-0.39, 0.29) is 5.91 Å². The Morgan fingerprint density at radius 1 is 0.967 bits per heavy atom. The summed E-state index contributed by atoms with van der Waals surface area (Å²) in [5.74, 6) is 0.722. The largest absolute Gasteiger partial charge is 0.378 e. The van der Waals surface area contributed by atoms with Crippen molar-refractivity contribution in [3.05, 3.63) is 66.4 Å². The Kier molecular flexibility index (Phi) is 4.17. The standard InChI is InChI=1S/C22H19N7O/c1-29(2)13-10-11-23-18(12-13)20-24-17-9-5-6-14(19(17)27-20)21(30)28-22-25-15-7-3-4-8-16(15)26-22/h3-12H,1-2H3,(H,24,27)(H2,25,26,28,30). The van der Waals surface area contributed by atoms with Gasteiger partial charge in [-0.1, -0.05) is 18.2 Å². The first kappa shape index (κ1) is 17.9. The van der Waals surface area contributed by atoms with E-state index in [0.29, 0.717) is 28.5 Å². The molecule has 2 aromatic carbocycles. The predicted molar refractivity (Wildman–Crippen MR) is 118 cm³/mol. The van der Waals surface area contributed by atoms with Gasteiger partial charge in [-0.15, -0.1) is 0 Å². The predicted octanol–water partition coefficient (Wildman–Crippen LogP) is 3.82. The highest BCUT2D eigenvalue weighted by Gasteiger charge is 2.16. The highest BCUT2D eigenvalue weighted by molar-refractivity contribution is 6.11. The van der Waals surface area contributed by atoms with E-state index in [1.54, 1.807) is 12.3 Å². The number of hydrogen-bond donors (Lipinski definition) is 3. The number of anilines is 2. The lowest BCUT2D eigenvalue weighted by Crippen LogP contribution is -2.13. The van der Waals surface area contributed by atoms with E-state index < -0.39 is 0 Å². The topological polar surface area (TPSA) is 103 Å². The Morgan fingerprint density at radius 2 is 1.80 bits per heavy atom. The van der Waals surface area contributed by atoms with Gasteiger partial charge in [-0.05, 0) is 36.4 Å². The Labute approximate surface area is 172 Å². The number of aromatic nitrogens is 5. The number of nitrogens with zero attached hydrogens (tertiary/aromatic N) is 4. The first-order chi connectivity index (χ1) is 14.6. The van der Waals surface area contributed by atoms with Gasteiger partial charge in [0.2, 0.25) is 5.95 Å². The molecule has 5 aromatic rings. The molecule has 0 saturated carbocycles. The van der Waals surface area contributed by atoms with Gasteiger partial charge < -0.3 is 14.9 Å². The molecule has 0 fully saturated rings. The molecule has 5 rings (SSSR count). The lowest BCUT2D eigenvalue weighted by atomic mass is 10.2. The van der Waals surface area contributed by atoms with Gasteiger partial charge in [-0.3, -0.25) is 15.1 Å². The van der Waals surface area contributed by atoms with Crippen molar-refractivity contribution in [3.63, 3.8) is 0 Å². The summed E-state index contributed by atoms with van der Waals surface area (Å²) in [6.45, 7) is 0. The minimum Gasteiger partial charge on any atom is -0.378 e. The lowest BCUT2D eigenvalue weighted by Gasteiger charge is -2.12. The number of amides is 1. The van der Waals surface area contributed by atoms with Crippen molar-refractivity contribution in [2.24, 2.45) is 0 Å². The number of fused-ring (bicyclic) bond motifs is 2. The van der Waals surface area contributed by atoms with E-state index in [0.717, 1.165) is 22.2 Å². The highest BCUT2D eigenvalue weighted by Crippen LogP contribution is 2.24. The molecule has 0 spiro atoms. The molecule has 0 aliphatic carbocycles. The number of para-hydroxylation sites is 3. The van der Waals surface area contributed by atoms with E-state index in [1.165, 1.54) is 0 Å². The zero-order valence-corrected chi connectivity index (χ0v) is 16.5. The Hall–Kier alpha value is -4.20. The fourth-order valence-corrected chi connectivity index (χ4v) is 3.35. The molecule has 8 nitrogen and oxygen atoms in total. The van der Waals surface area contributed by atoms with Crippen LogP contribution in [0.4, 0.5) is 11.6 Å². The fourth-order valence-electron chi connectivity index (χ4n) is 3.35. The number of pyridine rings is 1. The molecule has 0 bridgehead atoms. The van der Waals surface area contributed by atoms with Gasteiger partial charge in [0, 0.05) is 26.0 Å². The zero-order chi connectivity index (χ0) is 20.7. The molecule has 0 atom stereocenters. The van der Waals surface area contributed by atoms with Crippen LogP contribution in [0.1, 0.15) is 10.4 Å². The van der Waals surface area contributed by atoms with Crippen molar-refractivity contribution in [1.29, 1.82) is 0 Å². The second kappa shape index (κ2) is 7.00. The maximum absolute atomic E-state index is 12.9. The first-order valence-electron chi connectivity index (χ1n) is 9.47. The first-order valence-corrected chi connectivity index (χ1v) is 9.47. The van der Waals surface area contributed by atoms with Gasteiger partial charge in [0.05, 0.1) is 22.1 Å². The molecule has 148 valence electrons. The second-order valence-electron chi connectivity index (χ2n) is 7.14. The number of benzene rings is 2. The SMILES string of the molecule is CN(C)c1ccnc(-c2nc3c(C(=O)Nc4nc5ccccc5[nH]4)cccc3[nH]2)c1. The average Bonchev–Trinajstić information content (AvgIpc) is 3.37. The van der Waals surface area contributed by atoms with Gasteiger partial charge in [0.1, 0.15) is 11.2 Å². The number of H-pyrrole nitrogens is 2. The van der Waals surface area contributed by atoms with Crippen LogP contribution in [0.2, 0.25) is 0 Å². The smallest absolute Gasteiger partial charge is 0.260 e. The van der Waals surface area contributed by atoms with Crippen molar-refractivity contribution >= 4 is 39.6 Å². The van der Waals surface area contributed by atoms with Crippen LogP contribution in [0.3, 0.4) is 0 Å². The minimum atomic E-state index is -0.285. The average molecular weight is 397 g/mol. The molecule has 0 aliphatic rings. The van der Waals surface area contributed by atoms with Crippen LogP contribution in [0, 0.1) is 0 Å². The number of hydrogen-bond acceptors (Lipinski definition) is 5. The number of carbonyl (C=O) groups excluding carboxylic acids is 1. The van der Waals surface area contributed by atoms with Gasteiger partial charge in [0.15, 0.2) is 5.82 Å². The summed E-state index contributed by atoms with van der Waals surface area (Å²) >= 11 is 0. The normalized spacial score (nSPS) is 11.1. The maximum atomic E-state index is 12.9. The number of imidazole rings is 2. The summed E-state index contributed by atoms with van der Waals surface area (Å²) in [7, 11) is 3.94. The minimum absolute atomic E-state index is 0.285. The van der Waals surface area contributed by atoms with E-state index in [9.17, 15) is 4.79 Å². The molecule has 0 aliphatic heterocycles. The summed E-state index contributed by atoms with van der Waals surface area (Å²) in [6, 6.07) is 16.9. The summed E-state index contributed by atoms with van der Waals surface area (Å²) in [5, 5.41) is 2.83. The van der Waals surface area contributed by atoms with Crippen LogP contribution in [0.25, 0.3) is 33.6 Å². The Balaban J connectivity index is 1.50. The third-order valence-electron chi connectivity index (χ3n) is 4.88. The molecule has 0 unspecified atom stereocenters. The van der Waals surface area contributed by atoms with Gasteiger partial charge in [-0.25, -0.2) is 9.97 Å². The molecular weight excluding hydrogens is 378 g/mol. The molecule has 8 heteroatoms. The fraction of sp³-hybridized carbons (Fsp3) is 0.0909. The van der Waals surface area contributed by atoms with Crippen LogP contribution < -0.4 is 10.2 Å². The highest BCUT2D eigenvalue weighted by atomic mass is 16.1. The molecule has 30 heavy (non-hydrogen) atoms. The molecule has 3 heterocycles. The third-order valence-corrected chi connectivity index (χ3v) is 4.88. The molecule has 3 N–H and O–H groups in total. The monoisotopic (exact) mass is 397 g/mol. The summed E-state index contributed by atoms with van der Waals surface area (Å²) < 4.78 is 0. The quantitative estimate of drug-likeness (QED) is 0.428. The maximum Gasteiger partial charge on any atom is 0.260 e. The van der Waals surface area contributed by atoms with E-state index in [1.807, 2.05) is 67.5 Å². The van der Waals surface area contributed by atoms with Crippen LogP contribution in [-0.4, -0.2) is 44.9 Å². The van der Waals surface area contributed by atoms with E-state index in [2.05, 4.69) is 30.2 Å². The van der Waals surface area contributed by atoms with E-state index >= 15 is 0 Å². The number of carbonyl (C=O) groups is 1. The molecule has 1 amide bonds. The van der Waals surface area contributed by atoms with Crippen LogP contribution >= 0.6 is 0 Å². The van der Waals surface area contributed by atoms with Crippen LogP contribution in [-0.2, 0) is 0 Å². The van der Waals surface area contributed by atoms with Gasteiger partial charge >= 0.3 is 0 Å². The van der Waals surface area contributed by atoms with Crippen molar-refractivity contribution < 1.29 is 4.79 Å². The van der Waals surface area contributed by atoms with E-state index in [4.69, 9.17) is 0 Å². The van der Waals surface area contributed by atoms with Gasteiger partial charge in [-0.2, -0.15) is 0 Å². The van der Waals surface area contributed by atoms with Crippen LogP contribution in [0.15, 0.2) is 60.8 Å². The molecular formula is C22H19N7O. The summed E-state index contributed by atoms with van der Waals surface area (Å²) in [6.07, 6.45) is 1.74. The Morgan fingerprint density at radius 3 is 2.63 bits per heavy atom.